The first-order valence-corrected chi connectivity index (χ1v) is 12.3. The lowest BCUT2D eigenvalue weighted by molar-refractivity contribution is -0.123. The van der Waals surface area contributed by atoms with E-state index in [0.717, 1.165) is 59.7 Å². The molecule has 1 unspecified atom stereocenters. The number of hydrogen-bond acceptors (Lipinski definition) is 6. The molecule has 0 bridgehead atoms. The summed E-state index contributed by atoms with van der Waals surface area (Å²) in [5, 5.41) is 13.0. The molecule has 0 radical (unpaired) electrons. The molecule has 1 fully saturated rings. The minimum absolute atomic E-state index is 0.0230. The van der Waals surface area contributed by atoms with Crippen molar-refractivity contribution >= 4 is 5.65 Å². The number of rotatable bonds is 8. The van der Waals surface area contributed by atoms with E-state index in [1.807, 2.05) is 54.9 Å². The molecule has 2 aliphatic rings. The Balaban J connectivity index is 1.24. The maximum absolute atomic E-state index is 12.5. The Morgan fingerprint density at radius 1 is 1.14 bits per heavy atom. The van der Waals surface area contributed by atoms with Crippen LogP contribution < -0.4 is 20.7 Å². The van der Waals surface area contributed by atoms with Crippen LogP contribution in [0.3, 0.4) is 0 Å². The van der Waals surface area contributed by atoms with Crippen molar-refractivity contribution < 1.29 is 17.9 Å². The fraction of sp³-hybridized carbons (Fsp3) is 0.333. The van der Waals surface area contributed by atoms with Crippen molar-refractivity contribution in [2.75, 3.05) is 19.6 Å². The van der Waals surface area contributed by atoms with Gasteiger partial charge in [0.1, 0.15) is 18.4 Å². The third-order valence-corrected chi connectivity index (χ3v) is 6.45. The van der Waals surface area contributed by atoms with Crippen LogP contribution in [0.25, 0.3) is 16.8 Å². The van der Waals surface area contributed by atoms with E-state index < -0.39 is 12.7 Å². The second kappa shape index (κ2) is 10.7. The molecule has 10 heteroatoms. The molecule has 3 heterocycles. The number of benzene rings is 1. The van der Waals surface area contributed by atoms with Crippen LogP contribution in [0, 0.1) is 0 Å². The number of nitrogens with one attached hydrogen (secondary N) is 3. The van der Waals surface area contributed by atoms with E-state index >= 15 is 0 Å². The zero-order valence-electron chi connectivity index (χ0n) is 20.3. The van der Waals surface area contributed by atoms with Crippen LogP contribution in [0.1, 0.15) is 30.7 Å². The SMILES string of the molecule is C=C(NCC(F)(F)F)NC1=CC=CC(c2cnn3cc(-c4ccc(OC5CCNCC5)cc4)cnc23)C1. The summed E-state index contributed by atoms with van der Waals surface area (Å²) in [6, 6.07) is 8.02. The molecule has 1 saturated heterocycles. The van der Waals surface area contributed by atoms with Crippen LogP contribution >= 0.6 is 0 Å². The van der Waals surface area contributed by atoms with Crippen molar-refractivity contribution in [1.29, 1.82) is 0 Å². The third kappa shape index (κ3) is 6.32. The minimum atomic E-state index is -4.31. The van der Waals surface area contributed by atoms with Crippen LogP contribution in [0.4, 0.5) is 13.2 Å². The summed E-state index contributed by atoms with van der Waals surface area (Å²) in [7, 11) is 0. The average Bonchev–Trinajstić information content (AvgIpc) is 3.32. The van der Waals surface area contributed by atoms with Crippen LogP contribution in [0.2, 0.25) is 0 Å². The van der Waals surface area contributed by atoms with Gasteiger partial charge in [0, 0.05) is 35.1 Å². The summed E-state index contributed by atoms with van der Waals surface area (Å²) in [5.74, 6) is 0.946. The Kier molecular flexibility index (Phi) is 7.18. The van der Waals surface area contributed by atoms with Gasteiger partial charge in [-0.1, -0.05) is 30.9 Å². The predicted octanol–water partition coefficient (Wildman–Crippen LogP) is 4.67. The lowest BCUT2D eigenvalue weighted by Gasteiger charge is -2.23. The van der Waals surface area contributed by atoms with Gasteiger partial charge in [0.15, 0.2) is 5.65 Å². The molecule has 2 aromatic heterocycles. The largest absolute Gasteiger partial charge is 0.490 e. The summed E-state index contributed by atoms with van der Waals surface area (Å²) in [5.41, 5.74) is 4.38. The highest BCUT2D eigenvalue weighted by Gasteiger charge is 2.27. The third-order valence-electron chi connectivity index (χ3n) is 6.45. The molecule has 7 nitrogen and oxygen atoms in total. The Hall–Kier alpha value is -3.79. The topological polar surface area (TPSA) is 75.5 Å². The lowest BCUT2D eigenvalue weighted by atomic mass is 9.92. The Labute approximate surface area is 213 Å². The van der Waals surface area contributed by atoms with Gasteiger partial charge >= 0.3 is 6.18 Å². The molecule has 3 aromatic rings. The van der Waals surface area contributed by atoms with Crippen molar-refractivity contribution in [3.05, 3.63) is 84.7 Å². The van der Waals surface area contributed by atoms with E-state index in [9.17, 15) is 13.2 Å². The molecular weight excluding hydrogens is 481 g/mol. The molecule has 0 amide bonds. The maximum atomic E-state index is 12.5. The normalized spacial score (nSPS) is 18.5. The van der Waals surface area contributed by atoms with E-state index in [-0.39, 0.29) is 17.8 Å². The highest BCUT2D eigenvalue weighted by atomic mass is 19.4. The summed E-state index contributed by atoms with van der Waals surface area (Å²) >= 11 is 0. The van der Waals surface area contributed by atoms with Gasteiger partial charge in [0.25, 0.3) is 0 Å². The van der Waals surface area contributed by atoms with E-state index in [4.69, 9.17) is 4.74 Å². The molecule has 1 aliphatic carbocycles. The first-order valence-electron chi connectivity index (χ1n) is 12.3. The van der Waals surface area contributed by atoms with Gasteiger partial charge in [-0.3, -0.25) is 0 Å². The van der Waals surface area contributed by atoms with Crippen molar-refractivity contribution in [1.82, 2.24) is 30.5 Å². The molecule has 3 N–H and O–H groups in total. The molecule has 194 valence electrons. The Morgan fingerprint density at radius 2 is 1.92 bits per heavy atom. The molecule has 0 spiro atoms. The molecule has 37 heavy (non-hydrogen) atoms. The van der Waals surface area contributed by atoms with Crippen molar-refractivity contribution in [2.24, 2.45) is 0 Å². The fourth-order valence-corrected chi connectivity index (χ4v) is 4.57. The second-order valence-electron chi connectivity index (χ2n) is 9.26. The van der Waals surface area contributed by atoms with Gasteiger partial charge < -0.3 is 20.7 Å². The van der Waals surface area contributed by atoms with Crippen molar-refractivity contribution in [3.63, 3.8) is 0 Å². The number of aromatic nitrogens is 3. The number of allylic oxidation sites excluding steroid dienone is 4. The summed E-state index contributed by atoms with van der Waals surface area (Å²) < 4.78 is 45.2. The van der Waals surface area contributed by atoms with Gasteiger partial charge in [-0.15, -0.1) is 0 Å². The van der Waals surface area contributed by atoms with Gasteiger partial charge in [-0.2, -0.15) is 18.3 Å². The fourth-order valence-electron chi connectivity index (χ4n) is 4.57. The van der Waals surface area contributed by atoms with Gasteiger partial charge in [0.2, 0.25) is 0 Å². The molecule has 1 aliphatic heterocycles. The van der Waals surface area contributed by atoms with E-state index in [2.05, 4.69) is 32.6 Å². The van der Waals surface area contributed by atoms with Crippen LogP contribution in [0.15, 0.2) is 79.2 Å². The first kappa shape index (κ1) is 24.9. The average molecular weight is 511 g/mol. The molecule has 0 saturated carbocycles. The van der Waals surface area contributed by atoms with E-state index in [0.29, 0.717) is 6.42 Å². The van der Waals surface area contributed by atoms with Crippen molar-refractivity contribution in [3.8, 4) is 16.9 Å². The Bertz CT molecular complexity index is 1310. The minimum Gasteiger partial charge on any atom is -0.490 e. The standard InChI is InChI=1S/C27H29F3N6O/c1-18(33-17-27(28,29)30)35-22-4-2-3-20(13-22)25-15-34-36-16-21(14-32-26(25)36)19-5-7-23(8-6-19)37-24-9-11-31-12-10-24/h2-8,14-16,20,24,31,33,35H,1,9-13,17H2. The predicted molar refractivity (Wildman–Crippen MR) is 136 cm³/mol. The van der Waals surface area contributed by atoms with Gasteiger partial charge in [-0.25, -0.2) is 9.50 Å². The molecule has 1 aromatic carbocycles. The highest BCUT2D eigenvalue weighted by Crippen LogP contribution is 2.31. The molecule has 1 atom stereocenters. The number of ether oxygens (including phenoxy) is 1. The number of fused-ring (bicyclic) bond motifs is 1. The first-order chi connectivity index (χ1) is 17.8. The van der Waals surface area contributed by atoms with Gasteiger partial charge in [0.05, 0.1) is 12.0 Å². The smallest absolute Gasteiger partial charge is 0.405 e. The monoisotopic (exact) mass is 510 g/mol. The van der Waals surface area contributed by atoms with Crippen LogP contribution in [0.5, 0.6) is 5.75 Å². The number of alkyl halides is 3. The summed E-state index contributed by atoms with van der Waals surface area (Å²) in [4.78, 5) is 4.68. The summed E-state index contributed by atoms with van der Waals surface area (Å²) in [6.07, 6.45) is 9.82. The zero-order chi connectivity index (χ0) is 25.8. The summed E-state index contributed by atoms with van der Waals surface area (Å²) in [6.45, 7) is 4.47. The number of nitrogens with zero attached hydrogens (tertiary/aromatic N) is 3. The Morgan fingerprint density at radius 3 is 2.68 bits per heavy atom. The van der Waals surface area contributed by atoms with E-state index in [1.165, 1.54) is 0 Å². The maximum Gasteiger partial charge on any atom is 0.405 e. The van der Waals surface area contributed by atoms with Gasteiger partial charge in [-0.05, 0) is 56.1 Å². The molecular formula is C27H29F3N6O. The van der Waals surface area contributed by atoms with Crippen molar-refractivity contribution in [2.45, 2.75) is 37.5 Å². The molecule has 5 rings (SSSR count). The quantitative estimate of drug-likeness (QED) is 0.409. The number of hydrogen-bond donors (Lipinski definition) is 3. The number of piperidine rings is 1. The lowest BCUT2D eigenvalue weighted by Crippen LogP contribution is -2.34. The van der Waals surface area contributed by atoms with Crippen LogP contribution in [-0.2, 0) is 0 Å². The highest BCUT2D eigenvalue weighted by molar-refractivity contribution is 5.64. The second-order valence-corrected chi connectivity index (χ2v) is 9.26. The zero-order valence-corrected chi connectivity index (χ0v) is 20.3. The number of halogens is 3. The van der Waals surface area contributed by atoms with E-state index in [1.54, 1.807) is 10.7 Å². The van der Waals surface area contributed by atoms with Crippen LogP contribution in [-0.4, -0.2) is 46.5 Å².